The number of hydrogen-bond acceptors (Lipinski definition) is 3. The lowest BCUT2D eigenvalue weighted by Crippen LogP contribution is -2.13. The molecule has 0 saturated carbocycles. The molecule has 0 amide bonds. The van der Waals surface area contributed by atoms with Gasteiger partial charge in [0.2, 0.25) is 0 Å². The zero-order valence-corrected chi connectivity index (χ0v) is 13.8. The summed E-state index contributed by atoms with van der Waals surface area (Å²) in [6.45, 7) is 0. The summed E-state index contributed by atoms with van der Waals surface area (Å²) in [6, 6.07) is 8.80. The van der Waals surface area contributed by atoms with E-state index in [2.05, 4.69) is 4.72 Å². The van der Waals surface area contributed by atoms with E-state index in [1.807, 2.05) is 0 Å². The first kappa shape index (κ1) is 16.2. The Hall–Kier alpha value is -1.14. The van der Waals surface area contributed by atoms with E-state index >= 15 is 0 Å². The maximum Gasteiger partial charge on any atom is 0.261 e. The molecule has 0 saturated heterocycles. The number of methoxy groups -OCH3 is 1. The van der Waals surface area contributed by atoms with Crippen LogP contribution in [0.3, 0.4) is 0 Å². The van der Waals surface area contributed by atoms with E-state index in [0.29, 0.717) is 5.75 Å². The molecule has 2 aromatic carbocycles. The SMILES string of the molecule is COc1ccc(S(=O)(=O)Nc2cccc(Cl)c2Cl)cc1Cl. The van der Waals surface area contributed by atoms with Crippen molar-refractivity contribution in [2.75, 3.05) is 11.8 Å². The van der Waals surface area contributed by atoms with E-state index in [1.165, 1.54) is 31.4 Å². The highest BCUT2D eigenvalue weighted by atomic mass is 35.5. The van der Waals surface area contributed by atoms with Gasteiger partial charge >= 0.3 is 0 Å². The molecule has 0 aromatic heterocycles. The molecule has 0 fully saturated rings. The van der Waals surface area contributed by atoms with Gasteiger partial charge in [0.15, 0.2) is 0 Å². The summed E-state index contributed by atoms with van der Waals surface area (Å²) in [5.41, 5.74) is 0.191. The van der Waals surface area contributed by atoms with E-state index in [-0.39, 0.29) is 25.7 Å². The fraction of sp³-hybridized carbons (Fsp3) is 0.0769. The predicted molar refractivity (Wildman–Crippen MR) is 85.3 cm³/mol. The first-order chi connectivity index (χ1) is 9.85. The molecular weight excluding hydrogens is 357 g/mol. The largest absolute Gasteiger partial charge is 0.495 e. The molecule has 0 radical (unpaired) electrons. The van der Waals surface area contributed by atoms with Crippen LogP contribution in [0.5, 0.6) is 5.75 Å². The van der Waals surface area contributed by atoms with Gasteiger partial charge in [0.1, 0.15) is 5.75 Å². The zero-order valence-electron chi connectivity index (χ0n) is 10.7. The molecule has 0 unspecified atom stereocenters. The Morgan fingerprint density at radius 3 is 2.38 bits per heavy atom. The van der Waals surface area contributed by atoms with Crippen LogP contribution in [0.4, 0.5) is 5.69 Å². The molecule has 0 spiro atoms. The normalized spacial score (nSPS) is 11.2. The summed E-state index contributed by atoms with van der Waals surface area (Å²) in [5.74, 6) is 0.386. The Morgan fingerprint density at radius 2 is 1.76 bits per heavy atom. The Bertz CT molecular complexity index is 778. The molecule has 0 atom stereocenters. The number of benzene rings is 2. The van der Waals surface area contributed by atoms with Crippen molar-refractivity contribution in [2.24, 2.45) is 0 Å². The minimum Gasteiger partial charge on any atom is -0.495 e. The average molecular weight is 367 g/mol. The maximum absolute atomic E-state index is 12.3. The molecule has 4 nitrogen and oxygen atoms in total. The Labute approximate surface area is 137 Å². The zero-order chi connectivity index (χ0) is 15.6. The molecule has 0 bridgehead atoms. The molecule has 112 valence electrons. The number of rotatable bonds is 4. The van der Waals surface area contributed by atoms with E-state index in [4.69, 9.17) is 39.5 Å². The fourth-order valence-corrected chi connectivity index (χ4v) is 3.42. The highest BCUT2D eigenvalue weighted by Gasteiger charge is 2.18. The molecule has 0 aliphatic carbocycles. The molecule has 2 rings (SSSR count). The second-order valence-electron chi connectivity index (χ2n) is 4.00. The van der Waals surface area contributed by atoms with Crippen LogP contribution in [-0.4, -0.2) is 15.5 Å². The number of nitrogens with one attached hydrogen (secondary N) is 1. The third-order valence-corrected chi connectivity index (χ3v) is 5.11. The van der Waals surface area contributed by atoms with Crippen molar-refractivity contribution in [3.8, 4) is 5.75 Å². The summed E-state index contributed by atoms with van der Waals surface area (Å²) in [5, 5.41) is 0.574. The van der Waals surface area contributed by atoms with Crippen LogP contribution in [0.25, 0.3) is 0 Å². The molecule has 2 aromatic rings. The summed E-state index contributed by atoms with van der Waals surface area (Å²) in [6.07, 6.45) is 0. The van der Waals surface area contributed by atoms with Crippen molar-refractivity contribution in [1.82, 2.24) is 0 Å². The average Bonchev–Trinajstić information content (AvgIpc) is 2.43. The van der Waals surface area contributed by atoms with Crippen LogP contribution in [0, 0.1) is 0 Å². The topological polar surface area (TPSA) is 55.4 Å². The van der Waals surface area contributed by atoms with Crippen LogP contribution < -0.4 is 9.46 Å². The van der Waals surface area contributed by atoms with Crippen molar-refractivity contribution < 1.29 is 13.2 Å². The number of ether oxygens (including phenoxy) is 1. The minimum atomic E-state index is -3.83. The molecule has 0 aliphatic heterocycles. The van der Waals surface area contributed by atoms with Gasteiger partial charge in [-0.2, -0.15) is 0 Å². The summed E-state index contributed by atoms with van der Waals surface area (Å²) < 4.78 is 32.0. The lowest BCUT2D eigenvalue weighted by Gasteiger charge is -2.11. The lowest BCUT2D eigenvalue weighted by molar-refractivity contribution is 0.414. The van der Waals surface area contributed by atoms with Gasteiger partial charge in [0.05, 0.1) is 32.8 Å². The van der Waals surface area contributed by atoms with Gasteiger partial charge in [0, 0.05) is 0 Å². The molecule has 1 N–H and O–H groups in total. The summed E-state index contributed by atoms with van der Waals surface area (Å²) in [7, 11) is -2.39. The van der Waals surface area contributed by atoms with Crippen LogP contribution in [-0.2, 0) is 10.0 Å². The third kappa shape index (κ3) is 3.55. The Morgan fingerprint density at radius 1 is 1.05 bits per heavy atom. The monoisotopic (exact) mass is 365 g/mol. The van der Waals surface area contributed by atoms with Gasteiger partial charge in [-0.15, -0.1) is 0 Å². The number of hydrogen-bond donors (Lipinski definition) is 1. The number of halogens is 3. The van der Waals surface area contributed by atoms with Gasteiger partial charge in [-0.1, -0.05) is 40.9 Å². The van der Waals surface area contributed by atoms with Crippen molar-refractivity contribution >= 4 is 50.5 Å². The molecule has 21 heavy (non-hydrogen) atoms. The molecular formula is C13H10Cl3NO3S. The molecule has 0 heterocycles. The maximum atomic E-state index is 12.3. The smallest absolute Gasteiger partial charge is 0.261 e. The van der Waals surface area contributed by atoms with Gasteiger partial charge in [-0.25, -0.2) is 8.42 Å². The standard InChI is InChI=1S/C13H10Cl3NO3S/c1-20-12-6-5-8(7-10(12)15)21(18,19)17-11-4-2-3-9(14)13(11)16/h2-7,17H,1H3. The minimum absolute atomic E-state index is 0.00987. The second-order valence-corrected chi connectivity index (χ2v) is 6.88. The van der Waals surface area contributed by atoms with E-state index in [0.717, 1.165) is 0 Å². The first-order valence-corrected chi connectivity index (χ1v) is 8.27. The van der Waals surface area contributed by atoms with Crippen LogP contribution in [0.15, 0.2) is 41.3 Å². The second kappa shape index (κ2) is 6.32. The number of sulfonamides is 1. The fourth-order valence-electron chi connectivity index (χ4n) is 1.60. The van der Waals surface area contributed by atoms with Gasteiger partial charge in [-0.05, 0) is 30.3 Å². The van der Waals surface area contributed by atoms with Crippen LogP contribution in [0.1, 0.15) is 0 Å². The van der Waals surface area contributed by atoms with Gasteiger partial charge in [-0.3, -0.25) is 4.72 Å². The Kier molecular flexibility index (Phi) is 4.88. The van der Waals surface area contributed by atoms with E-state index in [9.17, 15) is 8.42 Å². The van der Waals surface area contributed by atoms with E-state index < -0.39 is 10.0 Å². The Balaban J connectivity index is 2.39. The van der Waals surface area contributed by atoms with E-state index in [1.54, 1.807) is 12.1 Å². The highest BCUT2D eigenvalue weighted by Crippen LogP contribution is 2.32. The van der Waals surface area contributed by atoms with Gasteiger partial charge < -0.3 is 4.74 Å². The molecule has 8 heteroatoms. The molecule has 0 aliphatic rings. The summed E-state index contributed by atoms with van der Waals surface area (Å²) >= 11 is 17.7. The summed E-state index contributed by atoms with van der Waals surface area (Å²) in [4.78, 5) is -0.00987. The third-order valence-electron chi connectivity index (χ3n) is 2.63. The lowest BCUT2D eigenvalue weighted by atomic mass is 10.3. The quantitative estimate of drug-likeness (QED) is 0.869. The predicted octanol–water partition coefficient (Wildman–Crippen LogP) is 4.46. The van der Waals surface area contributed by atoms with Crippen molar-refractivity contribution in [1.29, 1.82) is 0 Å². The first-order valence-electron chi connectivity index (χ1n) is 5.65. The van der Waals surface area contributed by atoms with Crippen molar-refractivity contribution in [3.05, 3.63) is 51.5 Å². The van der Waals surface area contributed by atoms with Crippen LogP contribution in [0.2, 0.25) is 15.1 Å². The van der Waals surface area contributed by atoms with Crippen molar-refractivity contribution in [3.63, 3.8) is 0 Å². The number of anilines is 1. The van der Waals surface area contributed by atoms with Crippen LogP contribution >= 0.6 is 34.8 Å². The van der Waals surface area contributed by atoms with Gasteiger partial charge in [0.25, 0.3) is 10.0 Å². The highest BCUT2D eigenvalue weighted by molar-refractivity contribution is 7.92. The van der Waals surface area contributed by atoms with Crippen molar-refractivity contribution in [2.45, 2.75) is 4.90 Å².